The molecular weight excluding hydrogens is 330 g/mol. The zero-order chi connectivity index (χ0) is 17.8. The number of rotatable bonds is 4. The van der Waals surface area contributed by atoms with E-state index in [2.05, 4.69) is 15.6 Å². The number of morpholine rings is 1. The van der Waals surface area contributed by atoms with Crippen molar-refractivity contribution in [1.29, 1.82) is 0 Å². The second kappa shape index (κ2) is 7.51. The maximum atomic E-state index is 12.4. The lowest BCUT2D eigenvalue weighted by Gasteiger charge is -2.24. The highest BCUT2D eigenvalue weighted by atomic mass is 16.5. The van der Waals surface area contributed by atoms with Crippen LogP contribution in [0.2, 0.25) is 0 Å². The fourth-order valence-corrected chi connectivity index (χ4v) is 2.85. The van der Waals surface area contributed by atoms with Gasteiger partial charge in [0.25, 0.3) is 5.91 Å². The molecular formula is C20H19N3O3. The number of amides is 1. The molecule has 1 fully saturated rings. The molecule has 0 aliphatic carbocycles. The van der Waals surface area contributed by atoms with Gasteiger partial charge in [0.15, 0.2) is 5.69 Å². The molecule has 1 amide bonds. The molecule has 1 aromatic heterocycles. The van der Waals surface area contributed by atoms with Gasteiger partial charge in [-0.2, -0.15) is 0 Å². The number of carbonyl (C=O) groups excluding carboxylic acids is 1. The fraction of sp³-hybridized carbons (Fsp3) is 0.200. The molecule has 0 unspecified atom stereocenters. The Morgan fingerprint density at radius 1 is 1.12 bits per heavy atom. The van der Waals surface area contributed by atoms with Gasteiger partial charge in [-0.25, -0.2) is 4.98 Å². The van der Waals surface area contributed by atoms with Crippen molar-refractivity contribution >= 4 is 11.6 Å². The highest BCUT2D eigenvalue weighted by Crippen LogP contribution is 2.22. The van der Waals surface area contributed by atoms with Crippen LogP contribution in [0.3, 0.4) is 0 Å². The summed E-state index contributed by atoms with van der Waals surface area (Å²) in [4.78, 5) is 16.6. The molecule has 6 heteroatoms. The summed E-state index contributed by atoms with van der Waals surface area (Å²) in [5.41, 5.74) is 2.86. The van der Waals surface area contributed by atoms with Gasteiger partial charge in [-0.1, -0.05) is 30.3 Å². The van der Waals surface area contributed by atoms with Crippen molar-refractivity contribution in [2.45, 2.75) is 6.10 Å². The van der Waals surface area contributed by atoms with Crippen LogP contribution in [0.1, 0.15) is 22.2 Å². The number of ether oxygens (including phenoxy) is 1. The van der Waals surface area contributed by atoms with Crippen LogP contribution >= 0.6 is 0 Å². The molecule has 0 spiro atoms. The van der Waals surface area contributed by atoms with E-state index in [9.17, 15) is 4.79 Å². The van der Waals surface area contributed by atoms with E-state index in [0.29, 0.717) is 18.2 Å². The molecule has 1 aliphatic heterocycles. The van der Waals surface area contributed by atoms with Gasteiger partial charge in [-0.15, -0.1) is 0 Å². The third-order valence-electron chi connectivity index (χ3n) is 4.23. The topological polar surface area (TPSA) is 76.4 Å². The van der Waals surface area contributed by atoms with E-state index in [-0.39, 0.29) is 17.7 Å². The number of anilines is 1. The number of hydrogen-bond donors (Lipinski definition) is 2. The van der Waals surface area contributed by atoms with Gasteiger partial charge in [0.05, 0.1) is 12.7 Å². The van der Waals surface area contributed by atoms with Crippen LogP contribution in [0.25, 0.3) is 11.5 Å². The summed E-state index contributed by atoms with van der Waals surface area (Å²) in [6.07, 6.45) is 1.42. The normalized spacial score (nSPS) is 17.0. The summed E-state index contributed by atoms with van der Waals surface area (Å²) in [7, 11) is 0. The SMILES string of the molecule is O=C(Nc1ccc([C@H]2CNCCO2)cc1)c1coc(-c2ccccc2)n1. The summed E-state index contributed by atoms with van der Waals surface area (Å²) >= 11 is 0. The van der Waals surface area contributed by atoms with Crippen molar-refractivity contribution in [3.8, 4) is 11.5 Å². The van der Waals surface area contributed by atoms with E-state index in [1.54, 1.807) is 0 Å². The van der Waals surface area contributed by atoms with Crippen LogP contribution in [0.4, 0.5) is 5.69 Å². The van der Waals surface area contributed by atoms with E-state index >= 15 is 0 Å². The van der Waals surface area contributed by atoms with Crippen molar-refractivity contribution in [2.75, 3.05) is 25.0 Å². The van der Waals surface area contributed by atoms with Gasteiger partial charge in [0.2, 0.25) is 5.89 Å². The molecule has 0 saturated carbocycles. The molecule has 1 saturated heterocycles. The molecule has 3 aromatic rings. The Hall–Kier alpha value is -2.96. The predicted molar refractivity (Wildman–Crippen MR) is 97.9 cm³/mol. The average molecular weight is 349 g/mol. The average Bonchev–Trinajstić information content (AvgIpc) is 3.20. The van der Waals surface area contributed by atoms with E-state index in [1.165, 1.54) is 6.26 Å². The first-order valence-electron chi connectivity index (χ1n) is 8.54. The van der Waals surface area contributed by atoms with Gasteiger partial charge in [-0.05, 0) is 29.8 Å². The zero-order valence-electron chi connectivity index (χ0n) is 14.1. The standard InChI is InChI=1S/C20H19N3O3/c24-19(17-13-26-20(23-17)15-4-2-1-3-5-15)22-16-8-6-14(7-9-16)18-12-21-10-11-25-18/h1-9,13,18,21H,10-12H2,(H,22,24)/t18-/m1/s1. The van der Waals surface area contributed by atoms with Crippen LogP contribution in [-0.4, -0.2) is 30.6 Å². The maximum Gasteiger partial charge on any atom is 0.277 e. The molecule has 0 bridgehead atoms. The highest BCUT2D eigenvalue weighted by Gasteiger charge is 2.16. The van der Waals surface area contributed by atoms with Crippen LogP contribution in [0.15, 0.2) is 65.3 Å². The van der Waals surface area contributed by atoms with E-state index in [1.807, 2.05) is 54.6 Å². The lowest BCUT2D eigenvalue weighted by Crippen LogP contribution is -2.33. The zero-order valence-corrected chi connectivity index (χ0v) is 14.1. The third-order valence-corrected chi connectivity index (χ3v) is 4.23. The van der Waals surface area contributed by atoms with Crippen molar-refractivity contribution in [3.05, 3.63) is 72.1 Å². The Morgan fingerprint density at radius 3 is 2.65 bits per heavy atom. The monoisotopic (exact) mass is 349 g/mol. The van der Waals surface area contributed by atoms with Crippen LogP contribution < -0.4 is 10.6 Å². The summed E-state index contributed by atoms with van der Waals surface area (Å²) < 4.78 is 11.1. The summed E-state index contributed by atoms with van der Waals surface area (Å²) in [5.74, 6) is 0.118. The van der Waals surface area contributed by atoms with E-state index < -0.39 is 0 Å². The maximum absolute atomic E-state index is 12.4. The first-order valence-corrected chi connectivity index (χ1v) is 8.54. The fourth-order valence-electron chi connectivity index (χ4n) is 2.85. The first-order chi connectivity index (χ1) is 12.8. The summed E-state index contributed by atoms with van der Waals surface area (Å²) in [6.45, 7) is 2.39. The lowest BCUT2D eigenvalue weighted by atomic mass is 10.1. The number of carbonyl (C=O) groups is 1. The van der Waals surface area contributed by atoms with E-state index in [0.717, 1.165) is 24.2 Å². The van der Waals surface area contributed by atoms with Crippen LogP contribution in [-0.2, 0) is 4.74 Å². The molecule has 2 aromatic carbocycles. The minimum Gasteiger partial charge on any atom is -0.444 e. The molecule has 1 atom stereocenters. The smallest absolute Gasteiger partial charge is 0.277 e. The quantitative estimate of drug-likeness (QED) is 0.756. The van der Waals surface area contributed by atoms with E-state index in [4.69, 9.17) is 9.15 Å². The Labute approximate surface area is 151 Å². The minimum atomic E-state index is -0.306. The van der Waals surface area contributed by atoms with Crippen LogP contribution in [0.5, 0.6) is 0 Å². The van der Waals surface area contributed by atoms with Crippen molar-refractivity contribution in [2.24, 2.45) is 0 Å². The number of nitrogens with one attached hydrogen (secondary N) is 2. The lowest BCUT2D eigenvalue weighted by molar-refractivity contribution is 0.0277. The van der Waals surface area contributed by atoms with Gasteiger partial charge in [0, 0.05) is 24.3 Å². The minimum absolute atomic E-state index is 0.0532. The summed E-state index contributed by atoms with van der Waals surface area (Å²) in [5, 5.41) is 6.14. The Kier molecular flexibility index (Phi) is 4.77. The second-order valence-electron chi connectivity index (χ2n) is 6.04. The second-order valence-corrected chi connectivity index (χ2v) is 6.04. The molecule has 4 rings (SSSR count). The van der Waals surface area contributed by atoms with Crippen molar-refractivity contribution < 1.29 is 13.9 Å². The number of oxazole rings is 1. The number of hydrogen-bond acceptors (Lipinski definition) is 5. The molecule has 6 nitrogen and oxygen atoms in total. The predicted octanol–water partition coefficient (Wildman–Crippen LogP) is 3.25. The molecule has 2 heterocycles. The number of nitrogens with zero attached hydrogens (tertiary/aromatic N) is 1. The number of benzene rings is 2. The molecule has 2 N–H and O–H groups in total. The number of aromatic nitrogens is 1. The van der Waals surface area contributed by atoms with Gasteiger partial charge < -0.3 is 19.8 Å². The third kappa shape index (κ3) is 3.66. The summed E-state index contributed by atoms with van der Waals surface area (Å²) in [6, 6.07) is 17.1. The van der Waals surface area contributed by atoms with Gasteiger partial charge in [0.1, 0.15) is 6.26 Å². The molecule has 26 heavy (non-hydrogen) atoms. The Bertz CT molecular complexity index is 869. The highest BCUT2D eigenvalue weighted by molar-refractivity contribution is 6.02. The van der Waals surface area contributed by atoms with Crippen LogP contribution in [0, 0.1) is 0 Å². The van der Waals surface area contributed by atoms with Crippen molar-refractivity contribution in [3.63, 3.8) is 0 Å². The van der Waals surface area contributed by atoms with Crippen molar-refractivity contribution in [1.82, 2.24) is 10.3 Å². The first kappa shape index (κ1) is 16.5. The Balaban J connectivity index is 1.42. The largest absolute Gasteiger partial charge is 0.444 e. The molecule has 1 aliphatic rings. The van der Waals surface area contributed by atoms with Gasteiger partial charge >= 0.3 is 0 Å². The molecule has 0 radical (unpaired) electrons. The van der Waals surface area contributed by atoms with Gasteiger partial charge in [-0.3, -0.25) is 4.79 Å². The molecule has 132 valence electrons. The Morgan fingerprint density at radius 2 is 1.92 bits per heavy atom.